The maximum absolute atomic E-state index is 4.07. The van der Waals surface area contributed by atoms with E-state index in [1.54, 1.807) is 0 Å². The zero-order valence-corrected chi connectivity index (χ0v) is 6.88. The van der Waals surface area contributed by atoms with Gasteiger partial charge in [0, 0.05) is 12.3 Å². The zero-order chi connectivity index (χ0) is 6.95. The first-order chi connectivity index (χ1) is 4.41. The molecule has 0 unspecified atom stereocenters. The average Bonchev–Trinajstić information content (AvgIpc) is 1.89. The molecule has 0 fully saturated rings. The van der Waals surface area contributed by atoms with E-state index >= 15 is 0 Å². The molecule has 0 aliphatic carbocycles. The van der Waals surface area contributed by atoms with Crippen LogP contribution >= 0.6 is 12.6 Å². The second-order valence-electron chi connectivity index (χ2n) is 1.93. The fourth-order valence-electron chi connectivity index (χ4n) is 0.594. The summed E-state index contributed by atoms with van der Waals surface area (Å²) in [6.45, 7) is 3.22. The van der Waals surface area contributed by atoms with Crippen molar-refractivity contribution in [3.05, 3.63) is 0 Å². The van der Waals surface area contributed by atoms with E-state index in [9.17, 15) is 0 Å². The molecule has 0 saturated heterocycles. The van der Waals surface area contributed by atoms with Gasteiger partial charge >= 0.3 is 0 Å². The third kappa shape index (κ3) is 8.27. The number of hydrogen-bond donors (Lipinski definition) is 3. The average molecular weight is 148 g/mol. The Balaban J connectivity index is 2.60. The van der Waals surface area contributed by atoms with Gasteiger partial charge in [0.05, 0.1) is 0 Å². The van der Waals surface area contributed by atoms with Gasteiger partial charge in [-0.3, -0.25) is 0 Å². The molecule has 2 nitrogen and oxygen atoms in total. The molecule has 0 saturated carbocycles. The van der Waals surface area contributed by atoms with Crippen molar-refractivity contribution in [2.45, 2.75) is 6.42 Å². The highest BCUT2D eigenvalue weighted by atomic mass is 32.1. The second kappa shape index (κ2) is 8.27. The van der Waals surface area contributed by atoms with E-state index < -0.39 is 0 Å². The molecule has 0 aromatic heterocycles. The maximum Gasteiger partial charge on any atom is 0.00397 e. The van der Waals surface area contributed by atoms with Crippen LogP contribution in [0.1, 0.15) is 6.42 Å². The SMILES string of the molecule is CNCCCNCCS. The Morgan fingerprint density at radius 1 is 1.22 bits per heavy atom. The molecule has 0 aromatic rings. The summed E-state index contributed by atoms with van der Waals surface area (Å²) >= 11 is 4.07. The lowest BCUT2D eigenvalue weighted by Gasteiger charge is -2.00. The van der Waals surface area contributed by atoms with E-state index in [4.69, 9.17) is 0 Å². The first-order valence-electron chi connectivity index (χ1n) is 3.38. The van der Waals surface area contributed by atoms with E-state index in [1.165, 1.54) is 6.42 Å². The van der Waals surface area contributed by atoms with Gasteiger partial charge in [-0.05, 0) is 26.6 Å². The lowest BCUT2D eigenvalue weighted by atomic mass is 10.4. The first-order valence-corrected chi connectivity index (χ1v) is 4.01. The molecule has 0 rings (SSSR count). The number of thiol groups is 1. The summed E-state index contributed by atoms with van der Waals surface area (Å²) in [5.41, 5.74) is 0. The third-order valence-corrected chi connectivity index (χ3v) is 1.29. The van der Waals surface area contributed by atoms with Gasteiger partial charge in [-0.15, -0.1) is 0 Å². The highest BCUT2D eigenvalue weighted by Gasteiger charge is 1.83. The van der Waals surface area contributed by atoms with Crippen LogP contribution in [0.5, 0.6) is 0 Å². The van der Waals surface area contributed by atoms with Gasteiger partial charge in [-0.2, -0.15) is 12.6 Å². The summed E-state index contributed by atoms with van der Waals surface area (Å²) in [4.78, 5) is 0. The minimum Gasteiger partial charge on any atom is -0.320 e. The monoisotopic (exact) mass is 148 g/mol. The Morgan fingerprint density at radius 2 is 2.00 bits per heavy atom. The van der Waals surface area contributed by atoms with Gasteiger partial charge in [0.25, 0.3) is 0 Å². The Morgan fingerprint density at radius 3 is 2.56 bits per heavy atom. The van der Waals surface area contributed by atoms with Crippen molar-refractivity contribution in [3.8, 4) is 0 Å². The molecule has 0 heterocycles. The van der Waals surface area contributed by atoms with Crippen LogP contribution in [0.4, 0.5) is 0 Å². The van der Waals surface area contributed by atoms with Gasteiger partial charge in [0.2, 0.25) is 0 Å². The fraction of sp³-hybridized carbons (Fsp3) is 1.00. The molecular formula is C6H16N2S. The number of hydrogen-bond acceptors (Lipinski definition) is 3. The quantitative estimate of drug-likeness (QED) is 0.368. The summed E-state index contributed by atoms with van der Waals surface area (Å²) in [6, 6.07) is 0. The molecular weight excluding hydrogens is 132 g/mol. The van der Waals surface area contributed by atoms with Gasteiger partial charge in [0.15, 0.2) is 0 Å². The summed E-state index contributed by atoms with van der Waals surface area (Å²) in [6.07, 6.45) is 1.20. The second-order valence-corrected chi connectivity index (χ2v) is 2.38. The van der Waals surface area contributed by atoms with Gasteiger partial charge in [0.1, 0.15) is 0 Å². The van der Waals surface area contributed by atoms with Crippen molar-refractivity contribution in [3.63, 3.8) is 0 Å². The molecule has 9 heavy (non-hydrogen) atoms. The molecule has 0 radical (unpaired) electrons. The predicted molar refractivity (Wildman–Crippen MR) is 45.3 cm³/mol. The van der Waals surface area contributed by atoms with Crippen LogP contribution in [-0.4, -0.2) is 32.4 Å². The largest absolute Gasteiger partial charge is 0.320 e. The van der Waals surface area contributed by atoms with Crippen molar-refractivity contribution in [1.29, 1.82) is 0 Å². The molecule has 0 amide bonds. The molecule has 0 atom stereocenters. The fourth-order valence-corrected chi connectivity index (χ4v) is 0.752. The third-order valence-electron chi connectivity index (χ3n) is 1.07. The lowest BCUT2D eigenvalue weighted by Crippen LogP contribution is -2.21. The van der Waals surface area contributed by atoms with Crippen molar-refractivity contribution >= 4 is 12.6 Å². The van der Waals surface area contributed by atoms with Gasteiger partial charge < -0.3 is 10.6 Å². The molecule has 0 aliphatic heterocycles. The molecule has 0 aromatic carbocycles. The summed E-state index contributed by atoms with van der Waals surface area (Å²) in [5, 5.41) is 6.34. The Labute approximate surface area is 62.8 Å². The molecule has 3 heteroatoms. The Bertz CT molecular complexity index is 44.3. The molecule has 0 spiro atoms. The van der Waals surface area contributed by atoms with E-state index in [2.05, 4.69) is 23.3 Å². The van der Waals surface area contributed by atoms with Crippen molar-refractivity contribution in [2.24, 2.45) is 0 Å². The zero-order valence-electron chi connectivity index (χ0n) is 5.98. The van der Waals surface area contributed by atoms with E-state index in [0.29, 0.717) is 0 Å². The van der Waals surface area contributed by atoms with Gasteiger partial charge in [-0.25, -0.2) is 0 Å². The van der Waals surface area contributed by atoms with Crippen LogP contribution in [0.3, 0.4) is 0 Å². The van der Waals surface area contributed by atoms with Crippen molar-refractivity contribution in [1.82, 2.24) is 10.6 Å². The normalized spacial score (nSPS) is 10.0. The van der Waals surface area contributed by atoms with Crippen LogP contribution in [0.2, 0.25) is 0 Å². The summed E-state index contributed by atoms with van der Waals surface area (Å²) in [7, 11) is 1.97. The minimum absolute atomic E-state index is 0.930. The number of rotatable bonds is 6. The number of nitrogens with one attached hydrogen (secondary N) is 2. The topological polar surface area (TPSA) is 24.1 Å². The molecule has 56 valence electrons. The predicted octanol–water partition coefficient (Wildman–Crippen LogP) is 0.115. The van der Waals surface area contributed by atoms with Crippen molar-refractivity contribution < 1.29 is 0 Å². The summed E-state index contributed by atoms with van der Waals surface area (Å²) in [5.74, 6) is 0.930. The molecule has 0 bridgehead atoms. The van der Waals surface area contributed by atoms with Crippen LogP contribution in [0.25, 0.3) is 0 Å². The van der Waals surface area contributed by atoms with Gasteiger partial charge in [-0.1, -0.05) is 0 Å². The smallest absolute Gasteiger partial charge is 0.00397 e. The standard InChI is InChI=1S/C6H16N2S/c1-7-3-2-4-8-5-6-9/h7-9H,2-6H2,1H3. The first kappa shape index (κ1) is 9.27. The van der Waals surface area contributed by atoms with Crippen molar-refractivity contribution in [2.75, 3.05) is 32.4 Å². The van der Waals surface area contributed by atoms with E-state index in [1.807, 2.05) is 7.05 Å². The maximum atomic E-state index is 4.07. The van der Waals surface area contributed by atoms with Crippen LogP contribution < -0.4 is 10.6 Å². The minimum atomic E-state index is 0.930. The highest BCUT2D eigenvalue weighted by Crippen LogP contribution is 1.72. The Kier molecular flexibility index (Phi) is 8.52. The lowest BCUT2D eigenvalue weighted by molar-refractivity contribution is 0.645. The molecule has 0 aliphatic rings. The molecule has 2 N–H and O–H groups in total. The summed E-state index contributed by atoms with van der Waals surface area (Å²) < 4.78 is 0. The van der Waals surface area contributed by atoms with E-state index in [-0.39, 0.29) is 0 Å². The highest BCUT2D eigenvalue weighted by molar-refractivity contribution is 7.80. The van der Waals surface area contributed by atoms with Crippen LogP contribution in [0.15, 0.2) is 0 Å². The van der Waals surface area contributed by atoms with Crippen LogP contribution in [0, 0.1) is 0 Å². The van der Waals surface area contributed by atoms with Crippen LogP contribution in [-0.2, 0) is 0 Å². The van der Waals surface area contributed by atoms with E-state index in [0.717, 1.165) is 25.4 Å². The Hall–Kier alpha value is 0.270.